The molecule has 0 unspecified atom stereocenters. The molecule has 2 rings (SSSR count). The van der Waals surface area contributed by atoms with Crippen molar-refractivity contribution in [3.05, 3.63) is 37.4 Å². The van der Waals surface area contributed by atoms with Crippen molar-refractivity contribution in [2.45, 2.75) is 0 Å². The average Bonchev–Trinajstić information content (AvgIpc) is 2.85. The van der Waals surface area contributed by atoms with Crippen LogP contribution in [-0.4, -0.2) is 19.9 Å². The van der Waals surface area contributed by atoms with Gasteiger partial charge in [0.05, 0.1) is 12.7 Å². The minimum absolute atomic E-state index is 0.00694. The fraction of sp³-hybridized carbons (Fsp3) is 0. The first-order chi connectivity index (χ1) is 6.41. The van der Waals surface area contributed by atoms with Crippen LogP contribution >= 0.6 is 20.2 Å². The number of nitrogens with one attached hydrogen (secondary N) is 2. The number of H-pyrrole nitrogens is 2. The quantitative estimate of drug-likeness (QED) is 0.715. The second-order valence-electron chi connectivity index (χ2n) is 1.58. The molecule has 2 aromatic rings. The minimum atomic E-state index is 0.00694. The molecule has 0 saturated heterocycles. The zero-order valence-electron chi connectivity index (χ0n) is 6.49. The number of hydrogen-bond acceptors (Lipinski definition) is 2. The van der Waals surface area contributed by atoms with Crippen molar-refractivity contribution in [2.24, 2.45) is 0 Å². The maximum atomic E-state index is 4.80. The Hall–Kier alpha value is -0.481. The fourth-order valence-corrected chi connectivity index (χ4v) is 0.430. The molecule has 0 fully saturated rings. The zero-order valence-corrected chi connectivity index (χ0v) is 9.18. The molecule has 7 heteroatoms. The number of aromatic nitrogens is 4. The van der Waals surface area contributed by atoms with E-state index in [1.165, 1.54) is 0 Å². The Bertz CT molecular complexity index is 174. The molecule has 0 atom stereocenters. The van der Waals surface area contributed by atoms with Gasteiger partial charge in [-0.3, -0.25) is 0 Å². The van der Waals surface area contributed by atoms with E-state index in [-0.39, 0.29) is 13.1 Å². The zero-order chi connectivity index (χ0) is 9.78. The number of aromatic amines is 2. The van der Waals surface area contributed by atoms with Crippen molar-refractivity contribution >= 4 is 20.2 Å². The van der Waals surface area contributed by atoms with Crippen molar-refractivity contribution in [2.75, 3.05) is 0 Å². The van der Waals surface area contributed by atoms with Crippen molar-refractivity contribution in [1.29, 1.82) is 0 Å². The molecule has 2 aromatic heterocycles. The third-order valence-electron chi connectivity index (χ3n) is 0.812. The van der Waals surface area contributed by atoms with Gasteiger partial charge < -0.3 is 9.97 Å². The van der Waals surface area contributed by atoms with E-state index in [1.54, 1.807) is 37.4 Å². The first-order valence-corrected chi connectivity index (χ1v) is 6.39. The molecule has 2 heterocycles. The average molecular weight is 262 g/mol. The predicted molar refractivity (Wildman–Crippen MR) is 48.9 cm³/mol. The largest absolute Gasteiger partial charge is 0.351 e. The van der Waals surface area contributed by atoms with E-state index >= 15 is 0 Å². The van der Waals surface area contributed by atoms with Crippen LogP contribution in [0.15, 0.2) is 37.4 Å². The second-order valence-corrected chi connectivity index (χ2v) is 3.52. The van der Waals surface area contributed by atoms with Gasteiger partial charge in [0.15, 0.2) is 0 Å². The number of imidazole rings is 2. The molecule has 0 spiro atoms. The Morgan fingerprint density at radius 1 is 0.923 bits per heavy atom. The van der Waals surface area contributed by atoms with Gasteiger partial charge in [0.2, 0.25) is 0 Å². The summed E-state index contributed by atoms with van der Waals surface area (Å²) in [7, 11) is 9.59. The normalized spacial score (nSPS) is 7.54. The van der Waals surface area contributed by atoms with Crippen LogP contribution in [-0.2, 0) is 13.1 Å². The van der Waals surface area contributed by atoms with E-state index in [2.05, 4.69) is 19.9 Å². The molecule has 0 aliphatic carbocycles. The molecule has 4 nitrogen and oxygen atoms in total. The Morgan fingerprint density at radius 2 is 1.31 bits per heavy atom. The molecule has 0 saturated carbocycles. The maximum absolute atomic E-state index is 4.80. The van der Waals surface area contributed by atoms with Crippen LogP contribution < -0.4 is 0 Å². The van der Waals surface area contributed by atoms with Crippen molar-refractivity contribution < 1.29 is 13.1 Å². The number of nitrogens with zero attached hydrogens (tertiary/aromatic N) is 2. The van der Waals surface area contributed by atoms with Crippen molar-refractivity contribution in [3.63, 3.8) is 0 Å². The summed E-state index contributed by atoms with van der Waals surface area (Å²) in [5.74, 6) is 0. The summed E-state index contributed by atoms with van der Waals surface area (Å²) in [6, 6.07) is 0. The van der Waals surface area contributed by atoms with Gasteiger partial charge >= 0.3 is 33.3 Å². The van der Waals surface area contributed by atoms with E-state index in [4.69, 9.17) is 20.2 Å². The van der Waals surface area contributed by atoms with Crippen molar-refractivity contribution in [1.82, 2.24) is 19.9 Å². The van der Waals surface area contributed by atoms with E-state index in [0.29, 0.717) is 0 Å². The molecule has 0 amide bonds. The predicted octanol–water partition coefficient (Wildman–Crippen LogP) is 2.20. The number of hydrogen-bond donors (Lipinski definition) is 2. The number of rotatable bonds is 0. The number of halogens is 2. The maximum Gasteiger partial charge on any atom is 0.0919 e. The summed E-state index contributed by atoms with van der Waals surface area (Å²) in [6.07, 6.45) is 10.2. The molecule has 0 aliphatic heterocycles. The summed E-state index contributed by atoms with van der Waals surface area (Å²) in [4.78, 5) is 12.8. The van der Waals surface area contributed by atoms with Gasteiger partial charge in [-0.25, -0.2) is 9.97 Å². The molecule has 13 heavy (non-hydrogen) atoms. The Morgan fingerprint density at radius 3 is 1.38 bits per heavy atom. The third kappa shape index (κ3) is 11.5. The summed E-state index contributed by atoms with van der Waals surface area (Å²) in [5.41, 5.74) is 0. The first kappa shape index (κ1) is 12.5. The van der Waals surface area contributed by atoms with Crippen LogP contribution in [0.3, 0.4) is 0 Å². The third-order valence-corrected chi connectivity index (χ3v) is 0.812. The second kappa shape index (κ2) is 11.5. The topological polar surface area (TPSA) is 57.4 Å². The van der Waals surface area contributed by atoms with E-state index < -0.39 is 0 Å². The van der Waals surface area contributed by atoms with Crippen LogP contribution in [0.25, 0.3) is 0 Å². The summed E-state index contributed by atoms with van der Waals surface area (Å²) < 4.78 is 0. The van der Waals surface area contributed by atoms with Crippen LogP contribution in [0.1, 0.15) is 0 Å². The molecule has 0 aliphatic rings. The van der Waals surface area contributed by atoms with Gasteiger partial charge in [0, 0.05) is 24.8 Å². The SMILES string of the molecule is [Cl][Mn][Cl].c1c[nH]cn1.c1c[nH]cn1. The molecular formula is C6H8Cl2MnN4. The molecule has 0 radical (unpaired) electrons. The smallest absolute Gasteiger partial charge is 0.0919 e. The summed E-state index contributed by atoms with van der Waals surface area (Å²) in [5, 5.41) is 0. The molecule has 2 N–H and O–H groups in total. The minimum Gasteiger partial charge on any atom is -0.351 e. The molecular weight excluding hydrogens is 254 g/mol. The Labute approximate surface area is 90.7 Å². The monoisotopic (exact) mass is 261 g/mol. The Balaban J connectivity index is 0.000000174. The van der Waals surface area contributed by atoms with Gasteiger partial charge in [-0.2, -0.15) is 0 Å². The molecule has 0 aromatic carbocycles. The standard InChI is InChI=1S/2C3H4N2.2ClH.Mn/c2*1-2-5-3-4-1;;;/h2*1-3H,(H,4,5);2*1H;/q;;;;+2/p-2. The Kier molecular flexibility index (Phi) is 11.1. The summed E-state index contributed by atoms with van der Waals surface area (Å²) >= 11 is 0.00694. The van der Waals surface area contributed by atoms with Crippen molar-refractivity contribution in [3.8, 4) is 0 Å². The van der Waals surface area contributed by atoms with Crippen LogP contribution in [0.5, 0.6) is 0 Å². The van der Waals surface area contributed by atoms with Crippen LogP contribution in [0, 0.1) is 0 Å². The van der Waals surface area contributed by atoms with E-state index in [1.807, 2.05) is 0 Å². The van der Waals surface area contributed by atoms with Gasteiger partial charge in [0.1, 0.15) is 0 Å². The van der Waals surface area contributed by atoms with Crippen LogP contribution in [0.2, 0.25) is 0 Å². The van der Waals surface area contributed by atoms with E-state index in [0.717, 1.165) is 0 Å². The fourth-order valence-electron chi connectivity index (χ4n) is 0.430. The van der Waals surface area contributed by atoms with E-state index in [9.17, 15) is 0 Å². The summed E-state index contributed by atoms with van der Waals surface area (Å²) in [6.45, 7) is 0. The van der Waals surface area contributed by atoms with Gasteiger partial charge in [-0.15, -0.1) is 0 Å². The van der Waals surface area contributed by atoms with Crippen LogP contribution in [0.4, 0.5) is 0 Å². The van der Waals surface area contributed by atoms with Gasteiger partial charge in [-0.1, -0.05) is 0 Å². The van der Waals surface area contributed by atoms with Gasteiger partial charge in [0.25, 0.3) is 0 Å². The molecule has 73 valence electrons. The first-order valence-electron chi connectivity index (χ1n) is 3.14. The van der Waals surface area contributed by atoms with Gasteiger partial charge in [-0.05, 0) is 0 Å². The molecule has 0 bridgehead atoms.